The Bertz CT molecular complexity index is 370. The fraction of sp³-hybridized carbons (Fsp3) is 0.750. The molecule has 0 saturated heterocycles. The Hall–Kier alpha value is 0.120. The number of hydrogen-bond donors (Lipinski definition) is 0. The molecule has 0 aliphatic rings. The molecule has 0 heterocycles. The zero-order valence-corrected chi connectivity index (χ0v) is 14.9. The zero-order valence-electron chi connectivity index (χ0n) is 13.1. The molecule has 0 radical (unpaired) electrons. The minimum atomic E-state index is -3.38. The third-order valence-electron chi connectivity index (χ3n) is 2.13. The van der Waals surface area contributed by atoms with Gasteiger partial charge in [-0.15, -0.1) is 0 Å². The quantitative estimate of drug-likeness (QED) is 0.173. The first-order chi connectivity index (χ1) is 8.39. The van der Waals surface area contributed by atoms with E-state index in [4.69, 9.17) is 8.92 Å². The van der Waals surface area contributed by atoms with Crippen molar-refractivity contribution in [2.75, 3.05) is 19.0 Å². The van der Waals surface area contributed by atoms with Crippen molar-refractivity contribution in [3.05, 3.63) is 12.2 Å². The van der Waals surface area contributed by atoms with E-state index in [9.17, 15) is 13.2 Å². The molecule has 0 rings (SSSR count). The summed E-state index contributed by atoms with van der Waals surface area (Å²) in [6, 6.07) is 0. The van der Waals surface area contributed by atoms with Crippen LogP contribution in [0.4, 0.5) is 0 Å². The second-order valence-electron chi connectivity index (χ2n) is 4.06. The van der Waals surface area contributed by atoms with Crippen LogP contribution in [0.3, 0.4) is 0 Å². The fourth-order valence-electron chi connectivity index (χ4n) is 1.06. The summed E-state index contributed by atoms with van der Waals surface area (Å²) in [5.74, 6) is -0.361. The summed E-state index contributed by atoms with van der Waals surface area (Å²) in [4.78, 5) is 11.0. The maximum absolute atomic E-state index is 11.3. The largest absolute Gasteiger partial charge is 1.00 e. The first kappa shape index (κ1) is 21.4. The molecule has 5 nitrogen and oxygen atoms in total. The molecule has 0 aromatic rings. The van der Waals surface area contributed by atoms with Gasteiger partial charge in [-0.3, -0.25) is 4.18 Å². The van der Waals surface area contributed by atoms with Crippen molar-refractivity contribution in [2.24, 2.45) is 0 Å². The van der Waals surface area contributed by atoms with Crippen LogP contribution in [-0.2, 0) is 23.8 Å². The SMILES string of the molecule is C=C(C)C(=O)OCCCCOS(=O)(=O)CCCC.[H-].[Na+]. The van der Waals surface area contributed by atoms with Gasteiger partial charge in [0.05, 0.1) is 19.0 Å². The molecule has 0 spiro atoms. The molecule has 0 saturated carbocycles. The van der Waals surface area contributed by atoms with Crippen molar-refractivity contribution in [3.8, 4) is 0 Å². The van der Waals surface area contributed by atoms with Gasteiger partial charge in [-0.1, -0.05) is 19.9 Å². The average Bonchev–Trinajstić information content (AvgIpc) is 2.30. The molecule has 0 amide bonds. The maximum Gasteiger partial charge on any atom is 1.00 e. The van der Waals surface area contributed by atoms with E-state index < -0.39 is 16.1 Å². The van der Waals surface area contributed by atoms with Crippen molar-refractivity contribution in [2.45, 2.75) is 39.5 Å². The van der Waals surface area contributed by atoms with Gasteiger partial charge in [0.1, 0.15) is 0 Å². The van der Waals surface area contributed by atoms with Crippen LogP contribution in [0.1, 0.15) is 41.0 Å². The summed E-state index contributed by atoms with van der Waals surface area (Å²) in [5, 5.41) is 0. The number of carbonyl (C=O) groups excluding carboxylic acids is 1. The number of unbranched alkanes of at least 4 members (excludes halogenated alkanes) is 2. The van der Waals surface area contributed by atoms with Crippen LogP contribution in [-0.4, -0.2) is 33.4 Å². The topological polar surface area (TPSA) is 69.7 Å². The van der Waals surface area contributed by atoms with Gasteiger partial charge in [0.25, 0.3) is 10.1 Å². The Kier molecular flexibility index (Phi) is 13.4. The summed E-state index contributed by atoms with van der Waals surface area (Å²) < 4.78 is 32.3. The predicted molar refractivity (Wildman–Crippen MR) is 70.8 cm³/mol. The second-order valence-corrected chi connectivity index (χ2v) is 5.82. The molecule has 108 valence electrons. The van der Waals surface area contributed by atoms with Gasteiger partial charge in [0, 0.05) is 5.57 Å². The molecule has 0 aliphatic heterocycles. The number of rotatable bonds is 10. The second kappa shape index (κ2) is 11.9. The summed E-state index contributed by atoms with van der Waals surface area (Å²) in [6.07, 6.45) is 2.54. The van der Waals surface area contributed by atoms with Gasteiger partial charge >= 0.3 is 35.5 Å². The van der Waals surface area contributed by atoms with Gasteiger partial charge in [-0.25, -0.2) is 4.79 Å². The van der Waals surface area contributed by atoms with E-state index in [1.165, 1.54) is 0 Å². The Morgan fingerprint density at radius 2 is 1.79 bits per heavy atom. The molecule has 0 aromatic heterocycles. The van der Waals surface area contributed by atoms with Crippen LogP contribution in [0.25, 0.3) is 0 Å². The third-order valence-corrected chi connectivity index (χ3v) is 3.45. The minimum Gasteiger partial charge on any atom is -1.00 e. The van der Waals surface area contributed by atoms with E-state index >= 15 is 0 Å². The molecule has 0 bridgehead atoms. The number of carbonyl (C=O) groups is 1. The molecule has 0 unspecified atom stereocenters. The van der Waals surface area contributed by atoms with Gasteiger partial charge in [-0.05, 0) is 26.2 Å². The van der Waals surface area contributed by atoms with E-state index in [-0.39, 0.29) is 50.0 Å². The van der Waals surface area contributed by atoms with Gasteiger partial charge < -0.3 is 6.16 Å². The Morgan fingerprint density at radius 1 is 1.21 bits per heavy atom. The smallest absolute Gasteiger partial charge is 1.00 e. The average molecular weight is 302 g/mol. The summed E-state index contributed by atoms with van der Waals surface area (Å²) in [7, 11) is -3.38. The normalized spacial score (nSPS) is 10.6. The van der Waals surface area contributed by atoms with E-state index in [1.54, 1.807) is 6.92 Å². The van der Waals surface area contributed by atoms with Crippen LogP contribution in [0.5, 0.6) is 0 Å². The summed E-state index contributed by atoms with van der Waals surface area (Å²) >= 11 is 0. The van der Waals surface area contributed by atoms with Crippen molar-refractivity contribution in [1.29, 1.82) is 0 Å². The van der Waals surface area contributed by atoms with Crippen LogP contribution >= 0.6 is 0 Å². The van der Waals surface area contributed by atoms with Crippen molar-refractivity contribution < 1.29 is 53.1 Å². The first-order valence-electron chi connectivity index (χ1n) is 6.08. The number of ether oxygens (including phenoxy) is 1. The third kappa shape index (κ3) is 12.9. The predicted octanol–water partition coefficient (Wildman–Crippen LogP) is -0.851. The van der Waals surface area contributed by atoms with E-state index in [0.29, 0.717) is 24.8 Å². The van der Waals surface area contributed by atoms with E-state index in [0.717, 1.165) is 6.42 Å². The molecule has 7 heteroatoms. The van der Waals surface area contributed by atoms with Crippen LogP contribution in [0.2, 0.25) is 0 Å². The molecule has 0 aromatic carbocycles. The zero-order chi connectivity index (χ0) is 14.0. The maximum atomic E-state index is 11.3. The first-order valence-corrected chi connectivity index (χ1v) is 7.66. The van der Waals surface area contributed by atoms with Gasteiger partial charge in [-0.2, -0.15) is 8.42 Å². The van der Waals surface area contributed by atoms with Crippen molar-refractivity contribution in [3.63, 3.8) is 0 Å². The Morgan fingerprint density at radius 3 is 2.32 bits per heavy atom. The van der Waals surface area contributed by atoms with E-state index in [1.807, 2.05) is 6.92 Å². The molecule has 0 fully saturated rings. The fourth-order valence-corrected chi connectivity index (χ4v) is 2.19. The molecular weight excluding hydrogens is 279 g/mol. The molecular formula is C12H23NaO5S. The van der Waals surface area contributed by atoms with Crippen LogP contribution in [0, 0.1) is 0 Å². The molecule has 0 N–H and O–H groups in total. The number of esters is 1. The van der Waals surface area contributed by atoms with Crippen LogP contribution in [0.15, 0.2) is 12.2 Å². The van der Waals surface area contributed by atoms with E-state index in [2.05, 4.69) is 6.58 Å². The Labute approximate surface area is 139 Å². The molecule has 0 atom stereocenters. The van der Waals surface area contributed by atoms with Gasteiger partial charge in [0.2, 0.25) is 0 Å². The summed E-state index contributed by atoms with van der Waals surface area (Å²) in [6.45, 7) is 7.34. The van der Waals surface area contributed by atoms with Crippen molar-refractivity contribution in [1.82, 2.24) is 0 Å². The van der Waals surface area contributed by atoms with Crippen molar-refractivity contribution >= 4 is 16.1 Å². The standard InChI is InChI=1S/C12H22O5S.Na.H/c1-4-5-10-18(14,15)17-9-7-6-8-16-12(13)11(2)3;;/h2,4-10H2,1,3H3;;/q;+1;-1. The van der Waals surface area contributed by atoms with Crippen LogP contribution < -0.4 is 29.6 Å². The number of hydrogen-bond acceptors (Lipinski definition) is 5. The monoisotopic (exact) mass is 302 g/mol. The minimum absolute atomic E-state index is 0. The summed E-state index contributed by atoms with van der Waals surface area (Å²) in [5.41, 5.74) is 0.355. The Balaban J connectivity index is -0.00000144. The van der Waals surface area contributed by atoms with Gasteiger partial charge in [0.15, 0.2) is 0 Å². The molecule has 19 heavy (non-hydrogen) atoms. The molecule has 0 aliphatic carbocycles.